The van der Waals surface area contributed by atoms with Crippen molar-refractivity contribution in [3.05, 3.63) is 53.8 Å². The Hall–Kier alpha value is -2.56. The van der Waals surface area contributed by atoms with Crippen LogP contribution in [0.15, 0.2) is 42.5 Å². The fraction of sp³-hybridized carbons (Fsp3) is 0.188. The van der Waals surface area contributed by atoms with Crippen LogP contribution < -0.4 is 10.1 Å². The van der Waals surface area contributed by atoms with E-state index in [0.29, 0.717) is 29.9 Å². The molecule has 0 bridgehead atoms. The average molecular weight is 287 g/mol. The van der Waals surface area contributed by atoms with Crippen LogP contribution in [0.25, 0.3) is 11.1 Å². The molecule has 0 aliphatic carbocycles. The number of halogens is 1. The Morgan fingerprint density at radius 2 is 2.10 bits per heavy atom. The van der Waals surface area contributed by atoms with Crippen molar-refractivity contribution < 1.29 is 19.0 Å². The quantitative estimate of drug-likeness (QED) is 0.887. The molecule has 5 heteroatoms. The van der Waals surface area contributed by atoms with Crippen LogP contribution in [0, 0.1) is 5.82 Å². The minimum atomic E-state index is -1.08. The highest BCUT2D eigenvalue weighted by Gasteiger charge is 2.23. The average Bonchev–Trinajstić information content (AvgIpc) is 2.47. The zero-order valence-electron chi connectivity index (χ0n) is 11.2. The van der Waals surface area contributed by atoms with E-state index in [9.17, 15) is 9.18 Å². The molecule has 0 saturated carbocycles. The van der Waals surface area contributed by atoms with Gasteiger partial charge in [0.05, 0.1) is 12.6 Å². The van der Waals surface area contributed by atoms with E-state index in [1.807, 2.05) is 0 Å². The molecule has 2 N–H and O–H groups in total. The van der Waals surface area contributed by atoms with Crippen LogP contribution in [0.1, 0.15) is 18.0 Å². The third-order valence-corrected chi connectivity index (χ3v) is 3.53. The summed E-state index contributed by atoms with van der Waals surface area (Å²) < 4.78 is 19.4. The van der Waals surface area contributed by atoms with Crippen molar-refractivity contribution >= 4 is 6.09 Å². The van der Waals surface area contributed by atoms with Crippen molar-refractivity contribution in [3.8, 4) is 16.9 Å². The Kier molecular flexibility index (Phi) is 3.48. The topological polar surface area (TPSA) is 58.6 Å². The fourth-order valence-electron chi connectivity index (χ4n) is 2.56. The Balaban J connectivity index is 2.03. The lowest BCUT2D eigenvalue weighted by molar-refractivity contribution is 0.182. The minimum absolute atomic E-state index is 0.308. The number of nitrogens with one attached hydrogen (secondary N) is 1. The van der Waals surface area contributed by atoms with Gasteiger partial charge in [0.25, 0.3) is 0 Å². The minimum Gasteiger partial charge on any atom is -0.493 e. The molecule has 0 fully saturated rings. The number of hydrogen-bond donors (Lipinski definition) is 2. The van der Waals surface area contributed by atoms with Crippen LogP contribution in [-0.4, -0.2) is 17.8 Å². The first kappa shape index (κ1) is 13.4. The van der Waals surface area contributed by atoms with Gasteiger partial charge < -0.3 is 15.2 Å². The summed E-state index contributed by atoms with van der Waals surface area (Å²) in [6.45, 7) is 0.455. The maximum absolute atomic E-state index is 13.9. The summed E-state index contributed by atoms with van der Waals surface area (Å²) in [6, 6.07) is 11.5. The lowest BCUT2D eigenvalue weighted by Crippen LogP contribution is -2.30. The lowest BCUT2D eigenvalue weighted by Gasteiger charge is -2.26. The first-order valence-electron chi connectivity index (χ1n) is 6.66. The molecule has 1 unspecified atom stereocenters. The summed E-state index contributed by atoms with van der Waals surface area (Å²) in [5.41, 5.74) is 1.93. The van der Waals surface area contributed by atoms with Gasteiger partial charge in [0.1, 0.15) is 11.6 Å². The van der Waals surface area contributed by atoms with Gasteiger partial charge in [-0.15, -0.1) is 0 Å². The first-order chi connectivity index (χ1) is 10.1. The zero-order valence-corrected chi connectivity index (χ0v) is 11.2. The molecule has 1 atom stereocenters. The second kappa shape index (κ2) is 5.44. The zero-order chi connectivity index (χ0) is 14.8. The number of benzene rings is 2. The SMILES string of the molecule is O=C(O)NC1CCOc2ccc(-c3ccccc3F)cc21. The van der Waals surface area contributed by atoms with Gasteiger partial charge in [0.2, 0.25) is 0 Å². The van der Waals surface area contributed by atoms with E-state index in [2.05, 4.69) is 5.32 Å². The maximum atomic E-state index is 13.9. The number of amides is 1. The number of fused-ring (bicyclic) bond motifs is 1. The fourth-order valence-corrected chi connectivity index (χ4v) is 2.56. The molecule has 0 aromatic heterocycles. The summed E-state index contributed by atoms with van der Waals surface area (Å²) in [5.74, 6) is 0.331. The molecule has 21 heavy (non-hydrogen) atoms. The molecular formula is C16H14FNO3. The molecule has 0 spiro atoms. The molecule has 1 heterocycles. The molecule has 2 aromatic carbocycles. The van der Waals surface area contributed by atoms with Crippen LogP contribution in [0.4, 0.5) is 9.18 Å². The van der Waals surface area contributed by atoms with E-state index < -0.39 is 6.09 Å². The number of ether oxygens (including phenoxy) is 1. The van der Waals surface area contributed by atoms with Gasteiger partial charge in [-0.1, -0.05) is 24.3 Å². The van der Waals surface area contributed by atoms with E-state index in [-0.39, 0.29) is 11.9 Å². The summed E-state index contributed by atoms with van der Waals surface area (Å²) in [7, 11) is 0. The molecule has 1 amide bonds. The van der Waals surface area contributed by atoms with Crippen LogP contribution in [0.3, 0.4) is 0 Å². The van der Waals surface area contributed by atoms with Crippen molar-refractivity contribution in [2.75, 3.05) is 6.61 Å². The van der Waals surface area contributed by atoms with E-state index in [4.69, 9.17) is 9.84 Å². The van der Waals surface area contributed by atoms with Gasteiger partial charge in [-0.05, 0) is 23.8 Å². The van der Waals surface area contributed by atoms with Gasteiger partial charge in [-0.3, -0.25) is 0 Å². The molecular weight excluding hydrogens is 273 g/mol. The maximum Gasteiger partial charge on any atom is 0.405 e. The normalized spacial score (nSPS) is 16.7. The summed E-state index contributed by atoms with van der Waals surface area (Å²) in [5, 5.41) is 11.4. The Labute approximate surface area is 121 Å². The summed E-state index contributed by atoms with van der Waals surface area (Å²) in [6.07, 6.45) is -0.524. The highest BCUT2D eigenvalue weighted by Crippen LogP contribution is 2.36. The summed E-state index contributed by atoms with van der Waals surface area (Å²) in [4.78, 5) is 10.9. The van der Waals surface area contributed by atoms with Gasteiger partial charge >= 0.3 is 6.09 Å². The van der Waals surface area contributed by atoms with Crippen LogP contribution in [0.5, 0.6) is 5.75 Å². The Bertz CT molecular complexity index is 687. The highest BCUT2D eigenvalue weighted by atomic mass is 19.1. The standard InChI is InChI=1S/C16H14FNO3/c17-13-4-2-1-3-11(13)10-5-6-15-12(9-10)14(7-8-21-15)18-16(19)20/h1-6,9,14,18H,7-8H2,(H,19,20). The number of rotatable bonds is 2. The van der Waals surface area contributed by atoms with E-state index >= 15 is 0 Å². The Morgan fingerprint density at radius 1 is 1.29 bits per heavy atom. The number of hydrogen-bond acceptors (Lipinski definition) is 2. The largest absolute Gasteiger partial charge is 0.493 e. The van der Waals surface area contributed by atoms with Crippen LogP contribution >= 0.6 is 0 Å². The second-order valence-electron chi connectivity index (χ2n) is 4.87. The third-order valence-electron chi connectivity index (χ3n) is 3.53. The first-order valence-corrected chi connectivity index (χ1v) is 6.66. The molecule has 2 aromatic rings. The Morgan fingerprint density at radius 3 is 2.86 bits per heavy atom. The second-order valence-corrected chi connectivity index (χ2v) is 4.87. The molecule has 4 nitrogen and oxygen atoms in total. The highest BCUT2D eigenvalue weighted by molar-refractivity contribution is 5.69. The van der Waals surface area contributed by atoms with E-state index in [1.165, 1.54) is 6.07 Å². The smallest absolute Gasteiger partial charge is 0.405 e. The van der Waals surface area contributed by atoms with Gasteiger partial charge in [0.15, 0.2) is 0 Å². The van der Waals surface area contributed by atoms with Gasteiger partial charge in [0, 0.05) is 17.5 Å². The van der Waals surface area contributed by atoms with Crippen molar-refractivity contribution in [3.63, 3.8) is 0 Å². The lowest BCUT2D eigenvalue weighted by atomic mass is 9.95. The third kappa shape index (κ3) is 2.67. The van der Waals surface area contributed by atoms with Crippen molar-refractivity contribution in [1.29, 1.82) is 0 Å². The van der Waals surface area contributed by atoms with Crippen molar-refractivity contribution in [2.24, 2.45) is 0 Å². The predicted molar refractivity (Wildman–Crippen MR) is 75.8 cm³/mol. The van der Waals surface area contributed by atoms with Crippen LogP contribution in [-0.2, 0) is 0 Å². The molecule has 0 saturated heterocycles. The molecule has 0 radical (unpaired) electrons. The van der Waals surface area contributed by atoms with E-state index in [1.54, 1.807) is 36.4 Å². The monoisotopic (exact) mass is 287 g/mol. The van der Waals surface area contributed by atoms with Crippen molar-refractivity contribution in [1.82, 2.24) is 5.32 Å². The molecule has 1 aliphatic heterocycles. The van der Waals surface area contributed by atoms with Crippen molar-refractivity contribution in [2.45, 2.75) is 12.5 Å². The van der Waals surface area contributed by atoms with Gasteiger partial charge in [-0.2, -0.15) is 0 Å². The molecule has 1 aliphatic rings. The molecule has 3 rings (SSSR count). The predicted octanol–water partition coefficient (Wildman–Crippen LogP) is 3.58. The number of carbonyl (C=O) groups is 1. The van der Waals surface area contributed by atoms with Crippen LogP contribution in [0.2, 0.25) is 0 Å². The van der Waals surface area contributed by atoms with E-state index in [0.717, 1.165) is 5.56 Å². The molecule has 108 valence electrons. The number of carboxylic acid groups (broad SMARTS) is 1. The summed E-state index contributed by atoms with van der Waals surface area (Å²) >= 11 is 0. The van der Waals surface area contributed by atoms with Gasteiger partial charge in [-0.25, -0.2) is 9.18 Å².